The lowest BCUT2D eigenvalue weighted by atomic mass is 10.2. The molecule has 1 N–H and O–H groups in total. The number of aromatic nitrogens is 3. The molecule has 0 bridgehead atoms. The van der Waals surface area contributed by atoms with Crippen molar-refractivity contribution in [1.82, 2.24) is 14.8 Å². The molecule has 112 valence electrons. The Balaban J connectivity index is 2.18. The van der Waals surface area contributed by atoms with E-state index < -0.39 is 17.5 Å². The molecule has 21 heavy (non-hydrogen) atoms. The van der Waals surface area contributed by atoms with Crippen molar-refractivity contribution >= 4 is 11.9 Å². The summed E-state index contributed by atoms with van der Waals surface area (Å²) in [5.74, 6) is 0.00307. The normalized spacial score (nSPS) is 11.3. The van der Waals surface area contributed by atoms with E-state index >= 15 is 0 Å². The summed E-state index contributed by atoms with van der Waals surface area (Å²) in [4.78, 5) is 15.5. The number of amides is 1. The van der Waals surface area contributed by atoms with Gasteiger partial charge in [0.25, 0.3) is 0 Å². The monoisotopic (exact) mass is 292 g/mol. The molecule has 0 aliphatic rings. The van der Waals surface area contributed by atoms with Gasteiger partial charge in [-0.2, -0.15) is 5.10 Å². The fourth-order valence-corrected chi connectivity index (χ4v) is 1.69. The standard InChI is InChI=1S/C14H17FN4O2/c1-14(2,3)21-13(20)17-12-6-11(18-19(12)4)9-5-10(15)8-16-7-9/h5-8H,1-4H3,(H,17,20). The van der Waals surface area contributed by atoms with Crippen LogP contribution in [0.15, 0.2) is 24.5 Å². The second-order valence-corrected chi connectivity index (χ2v) is 5.56. The molecule has 1 amide bonds. The van der Waals surface area contributed by atoms with Crippen molar-refractivity contribution in [1.29, 1.82) is 0 Å². The smallest absolute Gasteiger partial charge is 0.413 e. The van der Waals surface area contributed by atoms with Gasteiger partial charge in [-0.05, 0) is 26.8 Å². The predicted molar refractivity (Wildman–Crippen MR) is 76.3 cm³/mol. The summed E-state index contributed by atoms with van der Waals surface area (Å²) in [6.45, 7) is 5.33. The number of hydrogen-bond acceptors (Lipinski definition) is 4. The zero-order valence-corrected chi connectivity index (χ0v) is 12.3. The van der Waals surface area contributed by atoms with Crippen LogP contribution >= 0.6 is 0 Å². The molecule has 0 aliphatic carbocycles. The summed E-state index contributed by atoms with van der Waals surface area (Å²) in [7, 11) is 1.67. The third-order valence-corrected chi connectivity index (χ3v) is 2.51. The Labute approximate surface area is 121 Å². The van der Waals surface area contributed by atoms with Gasteiger partial charge in [-0.1, -0.05) is 0 Å². The molecular formula is C14H17FN4O2. The number of pyridine rings is 1. The van der Waals surface area contributed by atoms with E-state index in [0.29, 0.717) is 17.1 Å². The number of carbonyl (C=O) groups is 1. The number of anilines is 1. The summed E-state index contributed by atoms with van der Waals surface area (Å²) in [6, 6.07) is 2.95. The minimum absolute atomic E-state index is 0.445. The number of aryl methyl sites for hydroxylation is 1. The van der Waals surface area contributed by atoms with Crippen molar-refractivity contribution in [3.8, 4) is 11.3 Å². The van der Waals surface area contributed by atoms with E-state index in [9.17, 15) is 9.18 Å². The highest BCUT2D eigenvalue weighted by Crippen LogP contribution is 2.21. The summed E-state index contributed by atoms with van der Waals surface area (Å²) in [5, 5.41) is 6.81. The highest BCUT2D eigenvalue weighted by molar-refractivity contribution is 5.84. The van der Waals surface area contributed by atoms with Crippen LogP contribution in [0.25, 0.3) is 11.3 Å². The van der Waals surface area contributed by atoms with Gasteiger partial charge in [-0.15, -0.1) is 0 Å². The van der Waals surface area contributed by atoms with Gasteiger partial charge in [0, 0.05) is 24.9 Å². The number of hydrogen-bond donors (Lipinski definition) is 1. The second kappa shape index (κ2) is 5.51. The summed E-state index contributed by atoms with van der Waals surface area (Å²) in [5.41, 5.74) is 0.455. The van der Waals surface area contributed by atoms with Gasteiger partial charge in [0.1, 0.15) is 17.2 Å². The van der Waals surface area contributed by atoms with Crippen molar-refractivity contribution in [2.45, 2.75) is 26.4 Å². The summed E-state index contributed by atoms with van der Waals surface area (Å²) < 4.78 is 19.8. The summed E-state index contributed by atoms with van der Waals surface area (Å²) >= 11 is 0. The maximum Gasteiger partial charge on any atom is 0.413 e. The first-order valence-corrected chi connectivity index (χ1v) is 6.39. The molecule has 0 unspecified atom stereocenters. The molecule has 2 heterocycles. The molecule has 0 aliphatic heterocycles. The van der Waals surface area contributed by atoms with E-state index in [2.05, 4.69) is 15.4 Å². The van der Waals surface area contributed by atoms with Gasteiger partial charge in [-0.25, -0.2) is 9.18 Å². The van der Waals surface area contributed by atoms with Crippen molar-refractivity contribution in [2.75, 3.05) is 5.32 Å². The van der Waals surface area contributed by atoms with E-state index in [1.165, 1.54) is 16.9 Å². The van der Waals surface area contributed by atoms with E-state index in [4.69, 9.17) is 4.74 Å². The first-order chi connectivity index (χ1) is 9.74. The van der Waals surface area contributed by atoms with Crippen molar-refractivity contribution in [3.63, 3.8) is 0 Å². The van der Waals surface area contributed by atoms with Gasteiger partial charge in [-0.3, -0.25) is 15.0 Å². The summed E-state index contributed by atoms with van der Waals surface area (Å²) in [6.07, 6.45) is 2.05. The molecule has 6 nitrogen and oxygen atoms in total. The molecule has 0 fully saturated rings. The minimum atomic E-state index is -0.585. The molecule has 0 aromatic carbocycles. The molecule has 2 aromatic rings. The van der Waals surface area contributed by atoms with Crippen LogP contribution in [0.1, 0.15) is 20.8 Å². The van der Waals surface area contributed by atoms with Gasteiger partial charge in [0.2, 0.25) is 0 Å². The zero-order valence-electron chi connectivity index (χ0n) is 12.3. The maximum absolute atomic E-state index is 13.2. The molecular weight excluding hydrogens is 275 g/mol. The fourth-order valence-electron chi connectivity index (χ4n) is 1.69. The van der Waals surface area contributed by atoms with Crippen LogP contribution in [-0.2, 0) is 11.8 Å². The van der Waals surface area contributed by atoms with Gasteiger partial charge in [0.15, 0.2) is 0 Å². The van der Waals surface area contributed by atoms with E-state index in [0.717, 1.165) is 6.20 Å². The number of halogens is 1. The largest absolute Gasteiger partial charge is 0.444 e. The molecule has 0 atom stereocenters. The second-order valence-electron chi connectivity index (χ2n) is 5.56. The zero-order chi connectivity index (χ0) is 15.6. The Morgan fingerprint density at radius 2 is 2.05 bits per heavy atom. The maximum atomic E-state index is 13.2. The average Bonchev–Trinajstić information content (AvgIpc) is 2.68. The first kappa shape index (κ1) is 15.0. The lowest BCUT2D eigenvalue weighted by Crippen LogP contribution is -2.27. The number of rotatable bonds is 2. The number of carbonyl (C=O) groups excluding carboxylic acids is 1. The molecule has 2 aromatic heterocycles. The Kier molecular flexibility index (Phi) is 3.93. The van der Waals surface area contributed by atoms with Crippen molar-refractivity contribution in [2.24, 2.45) is 7.05 Å². The van der Waals surface area contributed by atoms with Crippen LogP contribution in [0.3, 0.4) is 0 Å². The molecule has 0 radical (unpaired) electrons. The Morgan fingerprint density at radius 1 is 1.33 bits per heavy atom. The van der Waals surface area contributed by atoms with Crippen molar-refractivity contribution in [3.05, 3.63) is 30.3 Å². The fraction of sp³-hybridized carbons (Fsp3) is 0.357. The predicted octanol–water partition coefficient (Wildman–Crippen LogP) is 2.97. The Hall–Kier alpha value is -2.44. The third kappa shape index (κ3) is 4.01. The van der Waals surface area contributed by atoms with E-state index in [1.54, 1.807) is 33.9 Å². The van der Waals surface area contributed by atoms with Crippen molar-refractivity contribution < 1.29 is 13.9 Å². The third-order valence-electron chi connectivity index (χ3n) is 2.51. The van der Waals surface area contributed by atoms with Crippen LogP contribution in [-0.4, -0.2) is 26.5 Å². The van der Waals surface area contributed by atoms with Gasteiger partial charge >= 0.3 is 6.09 Å². The van der Waals surface area contributed by atoms with E-state index in [-0.39, 0.29) is 0 Å². The molecule has 7 heteroatoms. The number of nitrogens with zero attached hydrogens (tertiary/aromatic N) is 3. The average molecular weight is 292 g/mol. The molecule has 0 saturated carbocycles. The van der Waals surface area contributed by atoms with E-state index in [1.807, 2.05) is 0 Å². The number of ether oxygens (including phenoxy) is 1. The lowest BCUT2D eigenvalue weighted by molar-refractivity contribution is 0.0634. The lowest BCUT2D eigenvalue weighted by Gasteiger charge is -2.19. The highest BCUT2D eigenvalue weighted by atomic mass is 19.1. The van der Waals surface area contributed by atoms with Crippen LogP contribution in [0.2, 0.25) is 0 Å². The van der Waals surface area contributed by atoms with Crippen LogP contribution in [0.4, 0.5) is 15.0 Å². The Morgan fingerprint density at radius 3 is 2.67 bits per heavy atom. The topological polar surface area (TPSA) is 69.0 Å². The SMILES string of the molecule is Cn1nc(-c2cncc(F)c2)cc1NC(=O)OC(C)(C)C. The van der Waals surface area contributed by atoms with Gasteiger partial charge < -0.3 is 4.74 Å². The number of nitrogens with one attached hydrogen (secondary N) is 1. The first-order valence-electron chi connectivity index (χ1n) is 6.39. The highest BCUT2D eigenvalue weighted by Gasteiger charge is 2.18. The Bertz CT molecular complexity index is 661. The minimum Gasteiger partial charge on any atom is -0.444 e. The molecule has 0 saturated heterocycles. The van der Waals surface area contributed by atoms with Crippen LogP contribution in [0.5, 0.6) is 0 Å². The molecule has 2 rings (SSSR count). The van der Waals surface area contributed by atoms with Crippen LogP contribution in [0, 0.1) is 5.82 Å². The molecule has 0 spiro atoms. The van der Waals surface area contributed by atoms with Crippen LogP contribution < -0.4 is 5.32 Å². The van der Waals surface area contributed by atoms with Gasteiger partial charge in [0.05, 0.1) is 11.9 Å². The quantitative estimate of drug-likeness (QED) is 0.924.